The van der Waals surface area contributed by atoms with Crippen LogP contribution in [0.3, 0.4) is 0 Å². The Bertz CT molecular complexity index is 1380. The molecule has 0 saturated carbocycles. The van der Waals surface area contributed by atoms with Crippen LogP contribution in [-0.4, -0.2) is 79.7 Å². The van der Waals surface area contributed by atoms with Crippen molar-refractivity contribution in [2.75, 3.05) is 51.0 Å². The Morgan fingerprint density at radius 2 is 1.88 bits per heavy atom. The number of carbonyl (C=O) groups excluding carboxylic acids is 3. The average Bonchev–Trinajstić information content (AvgIpc) is 3.47. The molecule has 6 N–H and O–H groups in total. The average molecular weight is 592 g/mol. The molecule has 0 radical (unpaired) electrons. The van der Waals surface area contributed by atoms with E-state index in [0.29, 0.717) is 48.5 Å². The molecule has 12 nitrogen and oxygen atoms in total. The van der Waals surface area contributed by atoms with Gasteiger partial charge >= 0.3 is 6.09 Å². The number of rotatable bonds is 13. The lowest BCUT2D eigenvalue weighted by atomic mass is 10.0. The highest BCUT2D eigenvalue weighted by Crippen LogP contribution is 2.32. The second-order valence-corrected chi connectivity index (χ2v) is 9.70. The summed E-state index contributed by atoms with van der Waals surface area (Å²) in [4.78, 5) is 42.3. The molecule has 14 heteroatoms. The highest BCUT2D eigenvalue weighted by atomic mass is 35.5. The first-order valence-corrected chi connectivity index (χ1v) is 13.3. The molecule has 0 bridgehead atoms. The van der Waals surface area contributed by atoms with Crippen LogP contribution in [-0.2, 0) is 25.6 Å². The minimum Gasteiger partial charge on any atom is -0.393 e. The SMILES string of the molecule is NCCOCCOCCNC(=O)Oc1cc2cc(N3CC[C@](O)(C(=O)NCc4cc(F)cc(Cl)c4)C3=O)ccc2[nH]1. The van der Waals surface area contributed by atoms with E-state index in [9.17, 15) is 23.9 Å². The minimum atomic E-state index is -2.28. The van der Waals surface area contributed by atoms with E-state index in [4.69, 9.17) is 31.5 Å². The maximum Gasteiger partial charge on any atom is 0.413 e. The molecule has 1 aromatic heterocycles. The van der Waals surface area contributed by atoms with E-state index >= 15 is 0 Å². The fourth-order valence-electron chi connectivity index (χ4n) is 4.29. The largest absolute Gasteiger partial charge is 0.413 e. The van der Waals surface area contributed by atoms with Crippen molar-refractivity contribution in [3.05, 3.63) is 58.9 Å². The summed E-state index contributed by atoms with van der Waals surface area (Å²) >= 11 is 5.84. The highest BCUT2D eigenvalue weighted by molar-refractivity contribution is 6.30. The standard InChI is InChI=1S/C27H31ClFN5O7/c28-19-11-17(12-20(29)15-19)16-32-24(35)27(38)3-6-34(25(27)36)21-1-2-22-18(13-21)14-23(33-22)41-26(37)31-5-8-40-10-9-39-7-4-30/h1-2,11-15,33,38H,3-10,16,30H2,(H,31,37)(H,32,35)/t27-/m0/s1. The quantitative estimate of drug-likeness (QED) is 0.148. The third-order valence-electron chi connectivity index (χ3n) is 6.29. The Kier molecular flexibility index (Phi) is 10.1. The van der Waals surface area contributed by atoms with Crippen LogP contribution in [0.15, 0.2) is 42.5 Å². The van der Waals surface area contributed by atoms with Gasteiger partial charge < -0.3 is 45.6 Å². The lowest BCUT2D eigenvalue weighted by molar-refractivity contribution is -0.149. The van der Waals surface area contributed by atoms with Crippen LogP contribution < -0.4 is 26.0 Å². The Hall–Kier alpha value is -3.75. The fourth-order valence-corrected chi connectivity index (χ4v) is 4.53. The number of anilines is 1. The van der Waals surface area contributed by atoms with Crippen molar-refractivity contribution in [3.8, 4) is 5.88 Å². The number of nitrogens with two attached hydrogens (primary N) is 1. The van der Waals surface area contributed by atoms with Crippen LogP contribution in [0.5, 0.6) is 5.88 Å². The van der Waals surface area contributed by atoms with Gasteiger partial charge in [-0.15, -0.1) is 0 Å². The minimum absolute atomic E-state index is 0.0947. The van der Waals surface area contributed by atoms with Crippen molar-refractivity contribution in [1.29, 1.82) is 0 Å². The molecule has 1 saturated heterocycles. The number of benzene rings is 2. The van der Waals surface area contributed by atoms with E-state index < -0.39 is 29.3 Å². The Labute approximate surface area is 239 Å². The second-order valence-electron chi connectivity index (χ2n) is 9.26. The number of hydrogen-bond acceptors (Lipinski definition) is 8. The number of aromatic nitrogens is 1. The van der Waals surface area contributed by atoms with E-state index in [1.165, 1.54) is 17.0 Å². The summed E-state index contributed by atoms with van der Waals surface area (Å²) in [6, 6.07) is 10.4. The highest BCUT2D eigenvalue weighted by Gasteiger charge is 2.51. The van der Waals surface area contributed by atoms with Crippen LogP contribution >= 0.6 is 11.6 Å². The van der Waals surface area contributed by atoms with Gasteiger partial charge in [-0.25, -0.2) is 9.18 Å². The predicted octanol–water partition coefficient (Wildman–Crippen LogP) is 1.82. The first-order valence-electron chi connectivity index (χ1n) is 12.9. The number of carbonyl (C=O) groups is 3. The van der Waals surface area contributed by atoms with E-state index in [1.54, 1.807) is 24.3 Å². The molecule has 3 amide bonds. The number of H-pyrrole nitrogens is 1. The first kappa shape index (κ1) is 30.2. The van der Waals surface area contributed by atoms with E-state index in [2.05, 4.69) is 15.6 Å². The summed E-state index contributed by atoms with van der Waals surface area (Å²) in [7, 11) is 0. The number of aliphatic hydroxyl groups is 1. The van der Waals surface area contributed by atoms with Gasteiger partial charge in [0.2, 0.25) is 11.5 Å². The number of halogens is 2. The Morgan fingerprint density at radius 3 is 2.63 bits per heavy atom. The number of fused-ring (bicyclic) bond motifs is 1. The molecular formula is C27H31ClFN5O7. The number of nitrogens with zero attached hydrogens (tertiary/aromatic N) is 1. The van der Waals surface area contributed by atoms with Crippen LogP contribution in [0, 0.1) is 5.82 Å². The molecule has 2 aromatic carbocycles. The van der Waals surface area contributed by atoms with Crippen molar-refractivity contribution >= 4 is 46.1 Å². The van der Waals surface area contributed by atoms with E-state index in [1.807, 2.05) is 0 Å². The molecule has 1 atom stereocenters. The van der Waals surface area contributed by atoms with Gasteiger partial charge in [-0.3, -0.25) is 9.59 Å². The molecule has 0 aliphatic carbocycles. The maximum absolute atomic E-state index is 13.6. The number of aromatic amines is 1. The molecule has 220 valence electrons. The van der Waals surface area contributed by atoms with E-state index in [-0.39, 0.29) is 43.6 Å². The van der Waals surface area contributed by atoms with Crippen molar-refractivity contribution < 1.29 is 38.1 Å². The molecule has 3 aromatic rings. The van der Waals surface area contributed by atoms with Crippen molar-refractivity contribution in [3.63, 3.8) is 0 Å². The van der Waals surface area contributed by atoms with Gasteiger partial charge in [-0.1, -0.05) is 11.6 Å². The van der Waals surface area contributed by atoms with Crippen LogP contribution in [0.2, 0.25) is 5.02 Å². The van der Waals surface area contributed by atoms with Crippen molar-refractivity contribution in [1.82, 2.24) is 15.6 Å². The molecule has 1 fully saturated rings. The second kappa shape index (κ2) is 13.7. The van der Waals surface area contributed by atoms with E-state index in [0.717, 1.165) is 6.07 Å². The summed E-state index contributed by atoms with van der Waals surface area (Å²) in [5.74, 6) is -2.05. The third kappa shape index (κ3) is 7.71. The van der Waals surface area contributed by atoms with Crippen LogP contribution in [0.4, 0.5) is 14.9 Å². The third-order valence-corrected chi connectivity index (χ3v) is 6.51. The van der Waals surface area contributed by atoms with Gasteiger partial charge in [-0.2, -0.15) is 0 Å². The molecule has 1 aliphatic heterocycles. The lowest BCUT2D eigenvalue weighted by Gasteiger charge is -2.22. The number of nitrogens with one attached hydrogen (secondary N) is 3. The molecule has 41 heavy (non-hydrogen) atoms. The normalized spacial score (nSPS) is 16.8. The van der Waals surface area contributed by atoms with Gasteiger partial charge in [0.05, 0.1) is 26.4 Å². The number of hydrogen-bond donors (Lipinski definition) is 5. The molecule has 0 unspecified atom stereocenters. The smallest absolute Gasteiger partial charge is 0.393 e. The zero-order valence-corrected chi connectivity index (χ0v) is 22.8. The molecule has 4 rings (SSSR count). The fraction of sp³-hybridized carbons (Fsp3) is 0.370. The topological polar surface area (TPSA) is 168 Å². The summed E-state index contributed by atoms with van der Waals surface area (Å²) in [5.41, 5.74) is 4.53. The number of amides is 3. The predicted molar refractivity (Wildman–Crippen MR) is 148 cm³/mol. The van der Waals surface area contributed by atoms with Gasteiger partial charge in [0.1, 0.15) is 5.82 Å². The van der Waals surface area contributed by atoms with Crippen LogP contribution in [0.25, 0.3) is 10.9 Å². The lowest BCUT2D eigenvalue weighted by Crippen LogP contribution is -2.52. The zero-order chi connectivity index (χ0) is 29.4. The van der Waals surface area contributed by atoms with Crippen molar-refractivity contribution in [2.24, 2.45) is 5.73 Å². The first-order chi connectivity index (χ1) is 19.7. The molecular weight excluding hydrogens is 561 g/mol. The summed E-state index contributed by atoms with van der Waals surface area (Å²) in [5, 5.41) is 16.8. The molecule has 2 heterocycles. The summed E-state index contributed by atoms with van der Waals surface area (Å²) < 4.78 is 29.4. The summed E-state index contributed by atoms with van der Waals surface area (Å²) in [6.07, 6.45) is -0.808. The number of ether oxygens (including phenoxy) is 3. The van der Waals surface area contributed by atoms with Gasteiger partial charge in [0.25, 0.3) is 11.8 Å². The Morgan fingerprint density at radius 1 is 1.10 bits per heavy atom. The molecule has 0 spiro atoms. The van der Waals surface area contributed by atoms with Gasteiger partial charge in [-0.05, 0) is 42.0 Å². The van der Waals surface area contributed by atoms with Crippen LogP contribution in [0.1, 0.15) is 12.0 Å². The Balaban J connectivity index is 1.30. The van der Waals surface area contributed by atoms with Gasteiger partial charge in [0.15, 0.2) is 0 Å². The van der Waals surface area contributed by atoms with Gasteiger partial charge in [0, 0.05) is 60.3 Å². The maximum atomic E-state index is 13.6. The zero-order valence-electron chi connectivity index (χ0n) is 22.1. The summed E-state index contributed by atoms with van der Waals surface area (Å²) in [6.45, 7) is 2.20. The monoisotopic (exact) mass is 591 g/mol. The van der Waals surface area contributed by atoms with Crippen molar-refractivity contribution in [2.45, 2.75) is 18.6 Å². The molecule has 1 aliphatic rings.